The maximum absolute atomic E-state index is 6.03. The van der Waals surface area contributed by atoms with Crippen molar-refractivity contribution in [2.45, 2.75) is 6.54 Å². The van der Waals surface area contributed by atoms with Crippen LogP contribution in [0.4, 0.5) is 11.4 Å². The highest BCUT2D eigenvalue weighted by atomic mass is 16.5. The molecule has 0 bridgehead atoms. The zero-order valence-electron chi connectivity index (χ0n) is 14.4. The van der Waals surface area contributed by atoms with Gasteiger partial charge in [0.25, 0.3) is 0 Å². The Kier molecular flexibility index (Phi) is 5.74. The third-order valence-electron chi connectivity index (χ3n) is 4.13. The lowest BCUT2D eigenvalue weighted by Crippen LogP contribution is -2.36. The second-order valence-electron chi connectivity index (χ2n) is 5.78. The van der Waals surface area contributed by atoms with E-state index in [1.54, 1.807) is 7.11 Å². The van der Waals surface area contributed by atoms with Crippen LogP contribution in [-0.2, 0) is 11.3 Å². The van der Waals surface area contributed by atoms with Crippen molar-refractivity contribution < 1.29 is 9.47 Å². The number of aliphatic imine (C=N–C) groups is 1. The summed E-state index contributed by atoms with van der Waals surface area (Å²) in [5.41, 5.74) is 9.26. The van der Waals surface area contributed by atoms with Gasteiger partial charge in [-0.3, -0.25) is 0 Å². The average molecular weight is 340 g/mol. The Balaban J connectivity index is 1.66. The van der Waals surface area contributed by atoms with Crippen molar-refractivity contribution in [3.63, 3.8) is 0 Å². The molecule has 1 heterocycles. The molecule has 0 spiro atoms. The summed E-state index contributed by atoms with van der Waals surface area (Å²) in [5.74, 6) is 1.20. The number of nitrogens with two attached hydrogens (primary N) is 1. The van der Waals surface area contributed by atoms with Crippen LogP contribution in [0, 0.1) is 0 Å². The van der Waals surface area contributed by atoms with Gasteiger partial charge >= 0.3 is 0 Å². The van der Waals surface area contributed by atoms with Crippen LogP contribution in [0.3, 0.4) is 0 Å². The number of para-hydroxylation sites is 1. The Morgan fingerprint density at radius 2 is 1.88 bits per heavy atom. The minimum absolute atomic E-state index is 0.391. The van der Waals surface area contributed by atoms with Gasteiger partial charge in [0, 0.05) is 24.5 Å². The SMILES string of the molecule is COc1ccc(NC(N)=NCc2ccccc2N2CCOCC2)cc1. The van der Waals surface area contributed by atoms with Crippen molar-refractivity contribution in [1.29, 1.82) is 0 Å². The van der Waals surface area contributed by atoms with E-state index < -0.39 is 0 Å². The standard InChI is InChI=1S/C19H24N4O2/c1-24-17-8-6-16(7-9-17)22-19(20)21-14-15-4-2-3-5-18(15)23-10-12-25-13-11-23/h2-9H,10-14H2,1H3,(H3,20,21,22). The van der Waals surface area contributed by atoms with E-state index >= 15 is 0 Å². The number of ether oxygens (including phenoxy) is 2. The number of anilines is 2. The molecule has 132 valence electrons. The van der Waals surface area contributed by atoms with Gasteiger partial charge in [0.15, 0.2) is 5.96 Å². The molecule has 2 aromatic rings. The summed E-state index contributed by atoms with van der Waals surface area (Å²) in [6.45, 7) is 3.86. The summed E-state index contributed by atoms with van der Waals surface area (Å²) in [5, 5.41) is 3.10. The zero-order valence-corrected chi connectivity index (χ0v) is 14.4. The molecule has 0 saturated carbocycles. The highest BCUT2D eigenvalue weighted by molar-refractivity contribution is 5.92. The van der Waals surface area contributed by atoms with E-state index in [0.29, 0.717) is 12.5 Å². The van der Waals surface area contributed by atoms with Crippen LogP contribution in [0.2, 0.25) is 0 Å². The molecule has 0 aromatic heterocycles. The molecule has 3 N–H and O–H groups in total. The number of rotatable bonds is 5. The lowest BCUT2D eigenvalue weighted by Gasteiger charge is -2.30. The van der Waals surface area contributed by atoms with Crippen molar-refractivity contribution >= 4 is 17.3 Å². The van der Waals surface area contributed by atoms with Crippen molar-refractivity contribution in [1.82, 2.24) is 0 Å². The van der Waals surface area contributed by atoms with Gasteiger partial charge in [-0.25, -0.2) is 4.99 Å². The minimum Gasteiger partial charge on any atom is -0.497 e. The summed E-state index contributed by atoms with van der Waals surface area (Å²) in [6, 6.07) is 15.9. The van der Waals surface area contributed by atoms with Crippen LogP contribution in [0.25, 0.3) is 0 Å². The number of morpholine rings is 1. The number of nitrogens with zero attached hydrogens (tertiary/aromatic N) is 2. The highest BCUT2D eigenvalue weighted by Gasteiger charge is 2.14. The Morgan fingerprint density at radius 1 is 1.16 bits per heavy atom. The largest absolute Gasteiger partial charge is 0.497 e. The number of methoxy groups -OCH3 is 1. The molecule has 1 aliphatic rings. The number of hydrogen-bond donors (Lipinski definition) is 2. The van der Waals surface area contributed by atoms with Crippen LogP contribution in [0.15, 0.2) is 53.5 Å². The number of benzene rings is 2. The fourth-order valence-electron chi connectivity index (χ4n) is 2.79. The molecule has 6 heteroatoms. The second kappa shape index (κ2) is 8.39. The molecule has 3 rings (SSSR count). The molecule has 0 atom stereocenters. The Bertz CT molecular complexity index is 710. The van der Waals surface area contributed by atoms with Crippen LogP contribution in [-0.4, -0.2) is 39.4 Å². The lowest BCUT2D eigenvalue weighted by atomic mass is 10.1. The fourth-order valence-corrected chi connectivity index (χ4v) is 2.79. The summed E-state index contributed by atoms with van der Waals surface area (Å²) >= 11 is 0. The zero-order chi connectivity index (χ0) is 17.5. The van der Waals surface area contributed by atoms with E-state index in [2.05, 4.69) is 33.4 Å². The van der Waals surface area contributed by atoms with Crippen molar-refractivity contribution in [3.05, 3.63) is 54.1 Å². The number of hydrogen-bond acceptors (Lipinski definition) is 4. The molecule has 1 aliphatic heterocycles. The Labute approximate surface area is 148 Å². The molecule has 0 radical (unpaired) electrons. The molecule has 0 aliphatic carbocycles. The number of nitrogens with one attached hydrogen (secondary N) is 1. The highest BCUT2D eigenvalue weighted by Crippen LogP contribution is 2.22. The van der Waals surface area contributed by atoms with E-state index in [1.165, 1.54) is 5.69 Å². The van der Waals surface area contributed by atoms with Crippen LogP contribution < -0.4 is 20.7 Å². The topological polar surface area (TPSA) is 72.1 Å². The fraction of sp³-hybridized carbons (Fsp3) is 0.316. The third kappa shape index (κ3) is 4.64. The van der Waals surface area contributed by atoms with Gasteiger partial charge in [-0.1, -0.05) is 18.2 Å². The molecular formula is C19H24N4O2. The summed E-state index contributed by atoms with van der Waals surface area (Å²) in [4.78, 5) is 6.82. The first-order chi connectivity index (χ1) is 12.3. The van der Waals surface area contributed by atoms with E-state index in [9.17, 15) is 0 Å². The summed E-state index contributed by atoms with van der Waals surface area (Å²) in [6.07, 6.45) is 0. The number of guanidine groups is 1. The van der Waals surface area contributed by atoms with E-state index in [4.69, 9.17) is 15.2 Å². The van der Waals surface area contributed by atoms with Gasteiger partial charge in [-0.15, -0.1) is 0 Å². The summed E-state index contributed by atoms with van der Waals surface area (Å²) in [7, 11) is 1.64. The van der Waals surface area contributed by atoms with E-state index in [1.807, 2.05) is 30.3 Å². The normalized spacial score (nSPS) is 15.1. The van der Waals surface area contributed by atoms with Gasteiger partial charge in [0.1, 0.15) is 5.75 Å². The molecular weight excluding hydrogens is 316 g/mol. The molecule has 25 heavy (non-hydrogen) atoms. The predicted octanol–water partition coefficient (Wildman–Crippen LogP) is 2.46. The van der Waals surface area contributed by atoms with Gasteiger partial charge in [0.05, 0.1) is 26.9 Å². The first-order valence-electron chi connectivity index (χ1n) is 8.38. The van der Waals surface area contributed by atoms with E-state index in [0.717, 1.165) is 43.3 Å². The molecule has 0 amide bonds. The van der Waals surface area contributed by atoms with Gasteiger partial charge in [-0.05, 0) is 35.9 Å². The van der Waals surface area contributed by atoms with Crippen molar-refractivity contribution in [2.75, 3.05) is 43.6 Å². The average Bonchev–Trinajstić information content (AvgIpc) is 2.68. The molecule has 1 fully saturated rings. The first kappa shape index (κ1) is 17.1. The van der Waals surface area contributed by atoms with Crippen molar-refractivity contribution in [2.24, 2.45) is 10.7 Å². The molecule has 6 nitrogen and oxygen atoms in total. The first-order valence-corrected chi connectivity index (χ1v) is 8.38. The van der Waals surface area contributed by atoms with E-state index in [-0.39, 0.29) is 0 Å². The smallest absolute Gasteiger partial charge is 0.193 e. The van der Waals surface area contributed by atoms with Gasteiger partial charge in [-0.2, -0.15) is 0 Å². The van der Waals surface area contributed by atoms with Crippen molar-refractivity contribution in [3.8, 4) is 5.75 Å². The monoisotopic (exact) mass is 340 g/mol. The molecule has 1 saturated heterocycles. The Hall–Kier alpha value is -2.73. The Morgan fingerprint density at radius 3 is 2.60 bits per heavy atom. The van der Waals surface area contributed by atoms with Crippen LogP contribution >= 0.6 is 0 Å². The lowest BCUT2D eigenvalue weighted by molar-refractivity contribution is 0.122. The minimum atomic E-state index is 0.391. The van der Waals surface area contributed by atoms with Gasteiger partial charge in [0.2, 0.25) is 0 Å². The summed E-state index contributed by atoms with van der Waals surface area (Å²) < 4.78 is 10.6. The van der Waals surface area contributed by atoms with Crippen LogP contribution in [0.5, 0.6) is 5.75 Å². The quantitative estimate of drug-likeness (QED) is 0.646. The third-order valence-corrected chi connectivity index (χ3v) is 4.13. The molecule has 0 unspecified atom stereocenters. The predicted molar refractivity (Wildman–Crippen MR) is 101 cm³/mol. The second-order valence-corrected chi connectivity index (χ2v) is 5.78. The maximum atomic E-state index is 6.03. The molecule has 2 aromatic carbocycles. The van der Waals surface area contributed by atoms with Gasteiger partial charge < -0.3 is 25.4 Å². The maximum Gasteiger partial charge on any atom is 0.193 e. The van der Waals surface area contributed by atoms with Crippen LogP contribution in [0.1, 0.15) is 5.56 Å².